The number of fused-ring (bicyclic) bond motifs is 1. The minimum absolute atomic E-state index is 0.532. The molecule has 3 aliphatic rings. The summed E-state index contributed by atoms with van der Waals surface area (Å²) < 4.78 is 5.07. The van der Waals surface area contributed by atoms with Crippen LogP contribution in [0.25, 0.3) is 0 Å². The molecule has 1 heterocycles. The van der Waals surface area contributed by atoms with Gasteiger partial charge in [0.05, 0.1) is 6.10 Å². The van der Waals surface area contributed by atoms with Crippen molar-refractivity contribution in [3.05, 3.63) is 36.5 Å². The molecule has 3 rings (SSSR count). The van der Waals surface area contributed by atoms with Gasteiger partial charge < -0.3 is 4.74 Å². The lowest BCUT2D eigenvalue weighted by Crippen LogP contribution is -1.75. The molecule has 1 heteroatoms. The maximum Gasteiger partial charge on any atom is 0.103 e. The van der Waals surface area contributed by atoms with Gasteiger partial charge in [-0.1, -0.05) is 36.5 Å². The van der Waals surface area contributed by atoms with E-state index in [1.54, 1.807) is 0 Å². The van der Waals surface area contributed by atoms with E-state index in [-0.39, 0.29) is 0 Å². The van der Waals surface area contributed by atoms with E-state index < -0.39 is 0 Å². The summed E-state index contributed by atoms with van der Waals surface area (Å²) >= 11 is 0. The molecule has 0 radical (unpaired) electrons. The van der Waals surface area contributed by atoms with Gasteiger partial charge in [0.2, 0.25) is 0 Å². The summed E-state index contributed by atoms with van der Waals surface area (Å²) in [5, 5.41) is 0. The predicted molar refractivity (Wildman–Crippen MR) is 45.3 cm³/mol. The lowest BCUT2D eigenvalue weighted by atomic mass is 10.4. The van der Waals surface area contributed by atoms with Crippen molar-refractivity contribution in [1.82, 2.24) is 0 Å². The van der Waals surface area contributed by atoms with Crippen molar-refractivity contribution in [2.45, 2.75) is 25.0 Å². The molecule has 0 aromatic heterocycles. The second-order valence-electron chi connectivity index (χ2n) is 2.90. The third kappa shape index (κ3) is 1.81. The number of epoxide rings is 1. The number of hydrogen-bond donors (Lipinski definition) is 0. The van der Waals surface area contributed by atoms with Crippen LogP contribution in [0, 0.1) is 0 Å². The second kappa shape index (κ2) is 3.05. The van der Waals surface area contributed by atoms with Crippen LogP contribution < -0.4 is 0 Å². The van der Waals surface area contributed by atoms with Gasteiger partial charge in [0.1, 0.15) is 6.10 Å². The summed E-state index contributed by atoms with van der Waals surface area (Å²) in [5.74, 6) is 0. The maximum absolute atomic E-state index is 5.07. The van der Waals surface area contributed by atoms with Crippen molar-refractivity contribution in [3.8, 4) is 0 Å². The van der Waals surface area contributed by atoms with Gasteiger partial charge in [0.15, 0.2) is 0 Å². The van der Waals surface area contributed by atoms with Crippen LogP contribution in [0.4, 0.5) is 0 Å². The molecular weight excluding hydrogens is 136 g/mol. The highest BCUT2D eigenvalue weighted by Gasteiger charge is 2.38. The molecule has 0 unspecified atom stereocenters. The Morgan fingerprint density at radius 3 is 2.09 bits per heavy atom. The molecule has 2 atom stereocenters. The van der Waals surface area contributed by atoms with Crippen LogP contribution in [0.3, 0.4) is 0 Å². The van der Waals surface area contributed by atoms with Crippen LogP contribution >= 0.6 is 0 Å². The Hall–Kier alpha value is -0.820. The first-order valence-corrected chi connectivity index (χ1v) is 4.10. The Balaban J connectivity index is 0.0000000893. The molecule has 1 fully saturated rings. The molecule has 58 valence electrons. The molecule has 1 saturated heterocycles. The third-order valence-corrected chi connectivity index (χ3v) is 1.97. The van der Waals surface area contributed by atoms with Crippen molar-refractivity contribution in [3.63, 3.8) is 0 Å². The van der Waals surface area contributed by atoms with E-state index in [2.05, 4.69) is 36.5 Å². The van der Waals surface area contributed by atoms with Crippen molar-refractivity contribution in [2.75, 3.05) is 0 Å². The Labute approximate surface area is 67.1 Å². The third-order valence-electron chi connectivity index (χ3n) is 1.97. The van der Waals surface area contributed by atoms with Gasteiger partial charge in [-0.25, -0.2) is 0 Å². The van der Waals surface area contributed by atoms with Gasteiger partial charge >= 0.3 is 0 Å². The highest BCUT2D eigenvalue weighted by molar-refractivity contribution is 5.12. The number of hydrogen-bond acceptors (Lipinski definition) is 1. The zero-order valence-electron chi connectivity index (χ0n) is 6.44. The molecule has 1 aliphatic heterocycles. The SMILES string of the molecule is C1=CCC=C1.C1=C[C@H]2O[C@H]2C1. The average Bonchev–Trinajstić information content (AvgIpc) is 2.62. The summed E-state index contributed by atoms with van der Waals surface area (Å²) in [4.78, 5) is 0. The van der Waals surface area contributed by atoms with Crippen LogP contribution in [0.15, 0.2) is 36.5 Å². The minimum Gasteiger partial charge on any atom is -0.365 e. The number of ether oxygens (including phenoxy) is 1. The lowest BCUT2D eigenvalue weighted by molar-refractivity contribution is 0.382. The fourth-order valence-electron chi connectivity index (χ4n) is 1.26. The maximum atomic E-state index is 5.07. The van der Waals surface area contributed by atoms with E-state index in [0.717, 1.165) is 12.8 Å². The molecule has 11 heavy (non-hydrogen) atoms. The number of allylic oxidation sites excluding steroid dienone is 4. The summed E-state index contributed by atoms with van der Waals surface area (Å²) in [6.07, 6.45) is 16.1. The van der Waals surface area contributed by atoms with Crippen molar-refractivity contribution < 1.29 is 4.74 Å². The zero-order valence-corrected chi connectivity index (χ0v) is 6.44. The summed E-state index contributed by atoms with van der Waals surface area (Å²) in [6, 6.07) is 0. The molecule has 0 bridgehead atoms. The van der Waals surface area contributed by atoms with Crippen LogP contribution in [-0.4, -0.2) is 12.2 Å². The molecular formula is C10H12O. The summed E-state index contributed by atoms with van der Waals surface area (Å²) in [5.41, 5.74) is 0. The van der Waals surface area contributed by atoms with Gasteiger partial charge in [0.25, 0.3) is 0 Å². The van der Waals surface area contributed by atoms with Gasteiger partial charge in [-0.15, -0.1) is 0 Å². The van der Waals surface area contributed by atoms with Crippen molar-refractivity contribution >= 4 is 0 Å². The first kappa shape index (κ1) is 6.86. The summed E-state index contributed by atoms with van der Waals surface area (Å²) in [7, 11) is 0. The van der Waals surface area contributed by atoms with Crippen LogP contribution in [0.5, 0.6) is 0 Å². The molecule has 0 amide bonds. The Morgan fingerprint density at radius 2 is 1.91 bits per heavy atom. The number of rotatable bonds is 0. The fourth-order valence-corrected chi connectivity index (χ4v) is 1.26. The summed E-state index contributed by atoms with van der Waals surface area (Å²) in [6.45, 7) is 0. The van der Waals surface area contributed by atoms with Crippen LogP contribution in [0.2, 0.25) is 0 Å². The fraction of sp³-hybridized carbons (Fsp3) is 0.400. The van der Waals surface area contributed by atoms with E-state index in [9.17, 15) is 0 Å². The van der Waals surface area contributed by atoms with Crippen LogP contribution in [0.1, 0.15) is 12.8 Å². The Bertz CT molecular complexity index is 203. The van der Waals surface area contributed by atoms with E-state index in [1.807, 2.05) is 0 Å². The van der Waals surface area contributed by atoms with Crippen LogP contribution in [-0.2, 0) is 4.74 Å². The predicted octanol–water partition coefficient (Wildman–Crippen LogP) is 2.22. The molecule has 2 aliphatic carbocycles. The molecule has 1 nitrogen and oxygen atoms in total. The normalized spacial score (nSPS) is 34.9. The second-order valence-corrected chi connectivity index (χ2v) is 2.90. The van der Waals surface area contributed by atoms with Crippen molar-refractivity contribution in [2.24, 2.45) is 0 Å². The largest absolute Gasteiger partial charge is 0.365 e. The van der Waals surface area contributed by atoms with Gasteiger partial charge in [-0.2, -0.15) is 0 Å². The monoisotopic (exact) mass is 148 g/mol. The molecule has 0 aromatic rings. The molecule has 0 spiro atoms. The van der Waals surface area contributed by atoms with Gasteiger partial charge in [-0.05, 0) is 12.8 Å². The first-order valence-electron chi connectivity index (χ1n) is 4.10. The van der Waals surface area contributed by atoms with Gasteiger partial charge in [0, 0.05) is 0 Å². The molecule has 0 aromatic carbocycles. The highest BCUT2D eigenvalue weighted by Crippen LogP contribution is 2.31. The Kier molecular flexibility index (Phi) is 1.91. The van der Waals surface area contributed by atoms with E-state index >= 15 is 0 Å². The lowest BCUT2D eigenvalue weighted by Gasteiger charge is -1.71. The van der Waals surface area contributed by atoms with E-state index in [0.29, 0.717) is 12.2 Å². The van der Waals surface area contributed by atoms with E-state index in [1.165, 1.54) is 0 Å². The van der Waals surface area contributed by atoms with E-state index in [4.69, 9.17) is 4.74 Å². The standard InChI is InChI=1S/C5H6O.C5H6/c1-2-4-5(3-1)6-4;1-2-4-5-3-1/h1-2,4-5H,3H2;1-4H,5H2/t4-,5+;/m1./s1. The minimum atomic E-state index is 0.532. The molecule has 0 N–H and O–H groups in total. The van der Waals surface area contributed by atoms with Crippen molar-refractivity contribution in [1.29, 1.82) is 0 Å². The molecule has 0 saturated carbocycles. The quantitative estimate of drug-likeness (QED) is 0.379. The first-order chi connectivity index (χ1) is 5.47. The highest BCUT2D eigenvalue weighted by atomic mass is 16.6. The average molecular weight is 148 g/mol. The smallest absolute Gasteiger partial charge is 0.103 e. The Morgan fingerprint density at radius 1 is 1.09 bits per heavy atom. The zero-order chi connectivity index (χ0) is 7.52. The topological polar surface area (TPSA) is 12.5 Å². The van der Waals surface area contributed by atoms with Gasteiger partial charge in [-0.3, -0.25) is 0 Å².